The first-order valence-corrected chi connectivity index (χ1v) is 6.94. The van der Waals surface area contributed by atoms with Gasteiger partial charge in [0.1, 0.15) is 0 Å². The second-order valence-electron chi connectivity index (χ2n) is 5.73. The molecule has 1 fully saturated rings. The van der Waals surface area contributed by atoms with Crippen LogP contribution in [0.4, 0.5) is 0 Å². The molecule has 2 rings (SSSR count). The third-order valence-electron chi connectivity index (χ3n) is 4.00. The minimum atomic E-state index is -0.731. The van der Waals surface area contributed by atoms with Crippen LogP contribution in [0.2, 0.25) is 0 Å². The minimum Gasteiger partial charge on any atom is -0.388 e. The smallest absolute Gasteiger partial charge is 0.253 e. The van der Waals surface area contributed by atoms with Crippen LogP contribution >= 0.6 is 0 Å². The van der Waals surface area contributed by atoms with E-state index in [1.54, 1.807) is 30.1 Å². The Hall–Kier alpha value is -1.86. The molecule has 0 aliphatic heterocycles. The third-order valence-corrected chi connectivity index (χ3v) is 4.00. The number of nitrogens with zero attached hydrogens (tertiary/aromatic N) is 2. The maximum absolute atomic E-state index is 12.4. The lowest BCUT2D eigenvalue weighted by atomic mass is 10.0. The van der Waals surface area contributed by atoms with Gasteiger partial charge in [-0.2, -0.15) is 5.26 Å². The van der Waals surface area contributed by atoms with Gasteiger partial charge in [-0.25, -0.2) is 0 Å². The van der Waals surface area contributed by atoms with Crippen molar-refractivity contribution in [3.63, 3.8) is 0 Å². The Balaban J connectivity index is 2.12. The molecule has 0 aromatic heterocycles. The van der Waals surface area contributed by atoms with Gasteiger partial charge in [0, 0.05) is 19.2 Å². The molecular weight excluding hydrogens is 252 g/mol. The summed E-state index contributed by atoms with van der Waals surface area (Å²) in [4.78, 5) is 14.0. The van der Waals surface area contributed by atoms with Crippen molar-refractivity contribution < 1.29 is 9.90 Å². The molecule has 0 spiro atoms. The maximum atomic E-state index is 12.4. The Bertz CT molecular complexity index is 554. The van der Waals surface area contributed by atoms with E-state index >= 15 is 0 Å². The van der Waals surface area contributed by atoms with Crippen LogP contribution in [-0.4, -0.2) is 35.1 Å². The average Bonchev–Trinajstić information content (AvgIpc) is 2.84. The van der Waals surface area contributed by atoms with E-state index in [1.165, 1.54) is 0 Å². The summed E-state index contributed by atoms with van der Waals surface area (Å²) in [5.74, 6) is -0.104. The van der Waals surface area contributed by atoms with Gasteiger partial charge in [-0.3, -0.25) is 4.79 Å². The van der Waals surface area contributed by atoms with Crippen molar-refractivity contribution in [2.75, 3.05) is 13.6 Å². The molecule has 0 heterocycles. The maximum Gasteiger partial charge on any atom is 0.253 e. The highest BCUT2D eigenvalue weighted by Gasteiger charge is 2.33. The number of likely N-dealkylation sites (N-methyl/N-ethyl adjacent to an activating group) is 1. The van der Waals surface area contributed by atoms with Crippen molar-refractivity contribution in [3.8, 4) is 6.07 Å². The molecule has 1 aromatic rings. The van der Waals surface area contributed by atoms with Crippen LogP contribution in [0.25, 0.3) is 0 Å². The van der Waals surface area contributed by atoms with E-state index in [1.807, 2.05) is 6.92 Å². The molecule has 20 heavy (non-hydrogen) atoms. The zero-order chi connectivity index (χ0) is 14.8. The van der Waals surface area contributed by atoms with E-state index in [0.717, 1.165) is 31.2 Å². The fraction of sp³-hybridized carbons (Fsp3) is 0.500. The van der Waals surface area contributed by atoms with E-state index in [2.05, 4.69) is 6.07 Å². The summed E-state index contributed by atoms with van der Waals surface area (Å²) < 4.78 is 0. The molecule has 1 aliphatic rings. The van der Waals surface area contributed by atoms with Crippen molar-refractivity contribution in [3.05, 3.63) is 34.9 Å². The normalized spacial score (nSPS) is 16.7. The number of hydrogen-bond donors (Lipinski definition) is 1. The predicted molar refractivity (Wildman–Crippen MR) is 76.3 cm³/mol. The van der Waals surface area contributed by atoms with Crippen molar-refractivity contribution in [1.29, 1.82) is 5.26 Å². The van der Waals surface area contributed by atoms with Crippen LogP contribution in [0.3, 0.4) is 0 Å². The summed E-state index contributed by atoms with van der Waals surface area (Å²) in [6.07, 6.45) is 3.57. The first-order chi connectivity index (χ1) is 9.45. The van der Waals surface area contributed by atoms with Crippen LogP contribution in [0.15, 0.2) is 18.2 Å². The minimum absolute atomic E-state index is 0.104. The summed E-state index contributed by atoms with van der Waals surface area (Å²) in [6.45, 7) is 2.19. The highest BCUT2D eigenvalue weighted by molar-refractivity contribution is 5.95. The number of amides is 1. The van der Waals surface area contributed by atoms with Gasteiger partial charge in [-0.05, 0) is 43.5 Å². The summed E-state index contributed by atoms with van der Waals surface area (Å²) >= 11 is 0. The molecule has 1 saturated carbocycles. The van der Waals surface area contributed by atoms with Gasteiger partial charge < -0.3 is 10.0 Å². The molecule has 0 bridgehead atoms. The molecule has 1 aromatic carbocycles. The zero-order valence-electron chi connectivity index (χ0n) is 12.0. The van der Waals surface area contributed by atoms with Crippen LogP contribution < -0.4 is 0 Å². The molecule has 0 unspecified atom stereocenters. The number of carbonyl (C=O) groups excluding carboxylic acids is 1. The SMILES string of the molecule is Cc1cc(C#N)ccc1C(=O)N(C)CC1(O)CCCC1. The highest BCUT2D eigenvalue weighted by Crippen LogP contribution is 2.30. The molecule has 0 atom stereocenters. The molecule has 4 heteroatoms. The Morgan fingerprint density at radius 2 is 2.10 bits per heavy atom. The Kier molecular flexibility index (Phi) is 4.10. The molecular formula is C16H20N2O2. The van der Waals surface area contributed by atoms with E-state index in [9.17, 15) is 9.90 Å². The molecule has 1 amide bonds. The average molecular weight is 272 g/mol. The summed E-state index contributed by atoms with van der Waals surface area (Å²) in [6, 6.07) is 7.11. The standard InChI is InChI=1S/C16H20N2O2/c1-12-9-13(10-17)5-6-14(12)15(19)18(2)11-16(20)7-3-4-8-16/h5-6,9,20H,3-4,7-8,11H2,1-2H3. The lowest BCUT2D eigenvalue weighted by Gasteiger charge is -2.29. The first-order valence-electron chi connectivity index (χ1n) is 6.94. The van der Waals surface area contributed by atoms with E-state index in [-0.39, 0.29) is 5.91 Å². The van der Waals surface area contributed by atoms with Gasteiger partial charge in [0.2, 0.25) is 0 Å². The topological polar surface area (TPSA) is 64.3 Å². The summed E-state index contributed by atoms with van der Waals surface area (Å²) in [5, 5.41) is 19.2. The number of carbonyl (C=O) groups is 1. The Labute approximate surface area is 119 Å². The summed E-state index contributed by atoms with van der Waals surface area (Å²) in [7, 11) is 1.72. The van der Waals surface area contributed by atoms with Crippen molar-refractivity contribution in [2.45, 2.75) is 38.2 Å². The van der Waals surface area contributed by atoms with Crippen molar-refractivity contribution >= 4 is 5.91 Å². The number of benzene rings is 1. The lowest BCUT2D eigenvalue weighted by Crippen LogP contribution is -2.42. The molecule has 106 valence electrons. The number of nitriles is 1. The van der Waals surface area contributed by atoms with Crippen molar-refractivity contribution in [1.82, 2.24) is 4.90 Å². The highest BCUT2D eigenvalue weighted by atomic mass is 16.3. The zero-order valence-corrected chi connectivity index (χ0v) is 12.0. The lowest BCUT2D eigenvalue weighted by molar-refractivity contribution is 0.0156. The first kappa shape index (κ1) is 14.5. The van der Waals surface area contributed by atoms with Gasteiger partial charge in [-0.15, -0.1) is 0 Å². The van der Waals surface area contributed by atoms with E-state index in [4.69, 9.17) is 5.26 Å². The van der Waals surface area contributed by atoms with E-state index in [0.29, 0.717) is 17.7 Å². The molecule has 4 nitrogen and oxygen atoms in total. The number of aliphatic hydroxyl groups is 1. The second kappa shape index (κ2) is 5.64. The van der Waals surface area contributed by atoms with Crippen molar-refractivity contribution in [2.24, 2.45) is 0 Å². The number of aryl methyl sites for hydroxylation is 1. The Morgan fingerprint density at radius 1 is 1.45 bits per heavy atom. The predicted octanol–water partition coefficient (Wildman–Crippen LogP) is 2.24. The monoisotopic (exact) mass is 272 g/mol. The van der Waals surface area contributed by atoms with Crippen LogP contribution in [-0.2, 0) is 0 Å². The van der Waals surface area contributed by atoms with E-state index < -0.39 is 5.60 Å². The molecule has 0 saturated heterocycles. The second-order valence-corrected chi connectivity index (χ2v) is 5.73. The van der Waals surface area contributed by atoms with Crippen LogP contribution in [0.1, 0.15) is 47.2 Å². The number of rotatable bonds is 3. The number of hydrogen-bond acceptors (Lipinski definition) is 3. The van der Waals surface area contributed by atoms with Gasteiger partial charge in [-0.1, -0.05) is 12.8 Å². The quantitative estimate of drug-likeness (QED) is 0.917. The van der Waals surface area contributed by atoms with Gasteiger partial charge >= 0.3 is 0 Å². The largest absolute Gasteiger partial charge is 0.388 e. The summed E-state index contributed by atoms with van der Waals surface area (Å²) in [5.41, 5.74) is 1.20. The third kappa shape index (κ3) is 3.00. The molecule has 1 N–H and O–H groups in total. The van der Waals surface area contributed by atoms with Gasteiger partial charge in [0.05, 0.1) is 17.2 Å². The van der Waals surface area contributed by atoms with Gasteiger partial charge in [0.15, 0.2) is 0 Å². The van der Waals surface area contributed by atoms with Crippen LogP contribution in [0.5, 0.6) is 0 Å². The van der Waals surface area contributed by atoms with Gasteiger partial charge in [0.25, 0.3) is 5.91 Å². The Morgan fingerprint density at radius 3 is 2.65 bits per heavy atom. The fourth-order valence-electron chi connectivity index (χ4n) is 2.88. The fourth-order valence-corrected chi connectivity index (χ4v) is 2.88. The molecule has 1 aliphatic carbocycles. The molecule has 0 radical (unpaired) electrons. The van der Waals surface area contributed by atoms with Crippen LogP contribution in [0, 0.1) is 18.3 Å².